The third-order valence-corrected chi connectivity index (χ3v) is 4.31. The summed E-state index contributed by atoms with van der Waals surface area (Å²) in [4.78, 5) is 5.70. The molecule has 84 valence electrons. The molecule has 0 aliphatic rings. The van der Waals surface area contributed by atoms with E-state index in [9.17, 15) is 0 Å². The van der Waals surface area contributed by atoms with Gasteiger partial charge in [-0.2, -0.15) is 0 Å². The van der Waals surface area contributed by atoms with Crippen molar-refractivity contribution in [3.8, 4) is 0 Å². The third kappa shape index (κ3) is 3.24. The van der Waals surface area contributed by atoms with Gasteiger partial charge in [-0.05, 0) is 24.6 Å². The Balaban J connectivity index is 1.94. The molecule has 0 aliphatic heterocycles. The van der Waals surface area contributed by atoms with Crippen LogP contribution in [0.4, 0.5) is 0 Å². The van der Waals surface area contributed by atoms with E-state index in [2.05, 4.69) is 34.6 Å². The highest BCUT2D eigenvalue weighted by Crippen LogP contribution is 2.24. The van der Waals surface area contributed by atoms with E-state index in [4.69, 9.17) is 11.6 Å². The summed E-state index contributed by atoms with van der Waals surface area (Å²) in [5.74, 6) is 1.51. The molecular formula is C12H12ClNS2. The number of aryl methyl sites for hydroxylation is 1. The number of hydrogen-bond acceptors (Lipinski definition) is 3. The second-order valence-electron chi connectivity index (χ2n) is 3.42. The molecule has 0 unspecified atom stereocenters. The lowest BCUT2D eigenvalue weighted by atomic mass is 10.2. The zero-order valence-corrected chi connectivity index (χ0v) is 11.3. The Labute approximate surface area is 109 Å². The van der Waals surface area contributed by atoms with E-state index in [-0.39, 0.29) is 0 Å². The summed E-state index contributed by atoms with van der Waals surface area (Å²) < 4.78 is 0. The molecular weight excluding hydrogens is 258 g/mol. The third-order valence-electron chi connectivity index (χ3n) is 2.13. The normalized spacial score (nSPS) is 10.6. The van der Waals surface area contributed by atoms with Crippen LogP contribution in [0.3, 0.4) is 0 Å². The van der Waals surface area contributed by atoms with Gasteiger partial charge in [-0.3, -0.25) is 0 Å². The number of rotatable bonds is 4. The molecule has 0 aliphatic carbocycles. The van der Waals surface area contributed by atoms with Crippen LogP contribution in [0.2, 0.25) is 0 Å². The summed E-state index contributed by atoms with van der Waals surface area (Å²) in [5.41, 5.74) is 2.32. The van der Waals surface area contributed by atoms with Crippen molar-refractivity contribution in [2.45, 2.75) is 23.5 Å². The molecule has 0 spiro atoms. The average molecular weight is 270 g/mol. The molecule has 1 nitrogen and oxygen atoms in total. The number of hydrogen-bond donors (Lipinski definition) is 0. The monoisotopic (exact) mass is 269 g/mol. The molecule has 1 heterocycles. The number of aromatic nitrogens is 1. The topological polar surface area (TPSA) is 12.9 Å². The zero-order chi connectivity index (χ0) is 11.4. The van der Waals surface area contributed by atoms with Crippen molar-refractivity contribution in [3.05, 3.63) is 45.9 Å². The standard InChI is InChI=1S/C12H12ClNS2/c1-9-14-11(7-15-9)8-16-12-4-2-10(6-13)3-5-12/h2-5,7H,6,8H2,1H3. The van der Waals surface area contributed by atoms with Gasteiger partial charge in [0.25, 0.3) is 0 Å². The fourth-order valence-corrected chi connectivity index (χ4v) is 2.99. The summed E-state index contributed by atoms with van der Waals surface area (Å²) >= 11 is 9.25. The molecule has 2 rings (SSSR count). The first-order valence-electron chi connectivity index (χ1n) is 4.96. The number of nitrogens with zero attached hydrogens (tertiary/aromatic N) is 1. The van der Waals surface area contributed by atoms with Crippen molar-refractivity contribution in [3.63, 3.8) is 0 Å². The Kier molecular flexibility index (Phi) is 4.27. The minimum Gasteiger partial charge on any atom is -0.246 e. The molecule has 1 aromatic carbocycles. The van der Waals surface area contributed by atoms with E-state index in [1.807, 2.05) is 18.7 Å². The van der Waals surface area contributed by atoms with Crippen LogP contribution in [-0.4, -0.2) is 4.98 Å². The fourth-order valence-electron chi connectivity index (χ4n) is 1.31. The van der Waals surface area contributed by atoms with Gasteiger partial charge in [0.2, 0.25) is 0 Å². The Bertz CT molecular complexity index is 450. The van der Waals surface area contributed by atoms with E-state index < -0.39 is 0 Å². The van der Waals surface area contributed by atoms with E-state index in [0.717, 1.165) is 22.0 Å². The molecule has 0 N–H and O–H groups in total. The Morgan fingerprint density at radius 3 is 2.62 bits per heavy atom. The summed E-state index contributed by atoms with van der Waals surface area (Å²) in [6.45, 7) is 2.04. The lowest BCUT2D eigenvalue weighted by molar-refractivity contribution is 1.18. The van der Waals surface area contributed by atoms with Crippen molar-refractivity contribution in [1.82, 2.24) is 4.98 Å². The second kappa shape index (κ2) is 5.71. The molecule has 0 amide bonds. The van der Waals surface area contributed by atoms with E-state index in [1.165, 1.54) is 4.90 Å². The van der Waals surface area contributed by atoms with Gasteiger partial charge < -0.3 is 0 Å². The molecule has 16 heavy (non-hydrogen) atoms. The molecule has 4 heteroatoms. The molecule has 1 aromatic heterocycles. The number of alkyl halides is 1. The smallest absolute Gasteiger partial charge is 0.0897 e. The highest BCUT2D eigenvalue weighted by atomic mass is 35.5. The van der Waals surface area contributed by atoms with E-state index >= 15 is 0 Å². The first kappa shape index (κ1) is 12.0. The maximum atomic E-state index is 5.74. The van der Waals surface area contributed by atoms with Crippen molar-refractivity contribution >= 4 is 34.7 Å². The molecule has 0 fully saturated rings. The molecule has 0 saturated carbocycles. The van der Waals surface area contributed by atoms with Crippen molar-refractivity contribution in [2.75, 3.05) is 0 Å². The number of halogens is 1. The van der Waals surface area contributed by atoms with Crippen LogP contribution in [0.1, 0.15) is 16.3 Å². The van der Waals surface area contributed by atoms with Crippen molar-refractivity contribution in [1.29, 1.82) is 0 Å². The summed E-state index contributed by atoms with van der Waals surface area (Å²) in [6, 6.07) is 8.37. The predicted molar refractivity (Wildman–Crippen MR) is 72.4 cm³/mol. The predicted octanol–water partition coefficient (Wildman–Crippen LogP) is 4.48. The van der Waals surface area contributed by atoms with Crippen molar-refractivity contribution < 1.29 is 0 Å². The van der Waals surface area contributed by atoms with Crippen LogP contribution in [-0.2, 0) is 11.6 Å². The second-order valence-corrected chi connectivity index (χ2v) is 5.80. The van der Waals surface area contributed by atoms with Gasteiger partial charge in [-0.15, -0.1) is 34.7 Å². The number of benzene rings is 1. The average Bonchev–Trinajstić information content (AvgIpc) is 2.73. The quantitative estimate of drug-likeness (QED) is 0.599. The van der Waals surface area contributed by atoms with Crippen LogP contribution in [0.25, 0.3) is 0 Å². The van der Waals surface area contributed by atoms with Gasteiger partial charge in [-0.25, -0.2) is 4.98 Å². The van der Waals surface area contributed by atoms with Crippen LogP contribution in [0, 0.1) is 6.92 Å². The minimum absolute atomic E-state index is 0.580. The van der Waals surface area contributed by atoms with Crippen molar-refractivity contribution in [2.24, 2.45) is 0 Å². The minimum atomic E-state index is 0.580. The first-order valence-corrected chi connectivity index (χ1v) is 7.36. The van der Waals surface area contributed by atoms with Gasteiger partial charge in [0.1, 0.15) is 0 Å². The Morgan fingerprint density at radius 2 is 2.06 bits per heavy atom. The summed E-state index contributed by atoms with van der Waals surface area (Å²) in [7, 11) is 0. The van der Waals surface area contributed by atoms with Crippen LogP contribution < -0.4 is 0 Å². The molecule has 0 saturated heterocycles. The number of thioether (sulfide) groups is 1. The summed E-state index contributed by atoms with van der Waals surface area (Å²) in [6.07, 6.45) is 0. The Hall–Kier alpha value is -0.510. The van der Waals surface area contributed by atoms with E-state index in [1.54, 1.807) is 11.3 Å². The lowest BCUT2D eigenvalue weighted by Crippen LogP contribution is -1.82. The van der Waals surface area contributed by atoms with Gasteiger partial charge in [0.05, 0.1) is 10.7 Å². The maximum Gasteiger partial charge on any atom is 0.0897 e. The van der Waals surface area contributed by atoms with Gasteiger partial charge in [0, 0.05) is 21.9 Å². The fraction of sp³-hybridized carbons (Fsp3) is 0.250. The molecule has 0 radical (unpaired) electrons. The van der Waals surface area contributed by atoms with Gasteiger partial charge >= 0.3 is 0 Å². The Morgan fingerprint density at radius 1 is 1.31 bits per heavy atom. The summed E-state index contributed by atoms with van der Waals surface area (Å²) in [5, 5.41) is 3.25. The lowest BCUT2D eigenvalue weighted by Gasteiger charge is -2.00. The van der Waals surface area contributed by atoms with E-state index in [0.29, 0.717) is 5.88 Å². The highest BCUT2D eigenvalue weighted by molar-refractivity contribution is 7.98. The zero-order valence-electron chi connectivity index (χ0n) is 8.94. The largest absolute Gasteiger partial charge is 0.246 e. The molecule has 2 aromatic rings. The maximum absolute atomic E-state index is 5.74. The van der Waals surface area contributed by atoms with Crippen LogP contribution >= 0.6 is 34.7 Å². The first-order chi connectivity index (χ1) is 7.78. The van der Waals surface area contributed by atoms with Crippen LogP contribution in [0.5, 0.6) is 0 Å². The number of thiazole rings is 1. The SMILES string of the molecule is Cc1nc(CSc2ccc(CCl)cc2)cs1. The van der Waals surface area contributed by atoms with Gasteiger partial charge in [-0.1, -0.05) is 12.1 Å². The molecule has 0 bridgehead atoms. The van der Waals surface area contributed by atoms with Gasteiger partial charge in [0.15, 0.2) is 0 Å². The molecule has 0 atom stereocenters. The van der Waals surface area contributed by atoms with Crippen LogP contribution in [0.15, 0.2) is 34.5 Å². The highest BCUT2D eigenvalue weighted by Gasteiger charge is 2.00.